The summed E-state index contributed by atoms with van der Waals surface area (Å²) in [5.41, 5.74) is -1.99. The molecule has 2 saturated heterocycles. The first-order chi connectivity index (χ1) is 14.8. The zero-order chi connectivity index (χ0) is 24.2. The van der Waals surface area contributed by atoms with Crippen molar-refractivity contribution in [3.05, 3.63) is 23.3 Å². The van der Waals surface area contributed by atoms with Crippen LogP contribution < -0.4 is 14.8 Å². The third-order valence-corrected chi connectivity index (χ3v) is 6.28. The molecule has 2 fully saturated rings. The Morgan fingerprint density at radius 1 is 1.12 bits per heavy atom. The van der Waals surface area contributed by atoms with Gasteiger partial charge >= 0.3 is 11.9 Å². The van der Waals surface area contributed by atoms with Crippen molar-refractivity contribution >= 4 is 23.8 Å². The van der Waals surface area contributed by atoms with Gasteiger partial charge in [0.2, 0.25) is 11.8 Å². The van der Waals surface area contributed by atoms with Gasteiger partial charge in [0.15, 0.2) is 0 Å². The van der Waals surface area contributed by atoms with Gasteiger partial charge in [-0.05, 0) is 33.8 Å². The number of hydrogen-bond acceptors (Lipinski definition) is 7. The van der Waals surface area contributed by atoms with Gasteiger partial charge in [0.25, 0.3) is 0 Å². The maximum Gasteiger partial charge on any atom is 0.325 e. The predicted molar refractivity (Wildman–Crippen MR) is 111 cm³/mol. The normalized spacial score (nSPS) is 27.4. The lowest BCUT2D eigenvalue weighted by atomic mass is 9.77. The average Bonchev–Trinajstić information content (AvgIpc) is 3.15. The first-order valence-electron chi connectivity index (χ1n) is 10.1. The quantitative estimate of drug-likeness (QED) is 0.550. The van der Waals surface area contributed by atoms with Gasteiger partial charge in [-0.25, -0.2) is 0 Å². The Morgan fingerprint density at radius 3 is 2.22 bits per heavy atom. The van der Waals surface area contributed by atoms with Crippen molar-refractivity contribution < 1.29 is 38.9 Å². The lowest BCUT2D eigenvalue weighted by molar-refractivity contribution is -0.157. The van der Waals surface area contributed by atoms with Gasteiger partial charge in [-0.2, -0.15) is 0 Å². The molecule has 0 saturated carbocycles. The second kappa shape index (κ2) is 7.77. The fourth-order valence-corrected chi connectivity index (χ4v) is 5.04. The molecule has 2 aliphatic heterocycles. The molecule has 32 heavy (non-hydrogen) atoms. The molecule has 2 heterocycles. The molecule has 0 aliphatic carbocycles. The topological polar surface area (TPSA) is 142 Å². The van der Waals surface area contributed by atoms with Gasteiger partial charge in [0, 0.05) is 22.7 Å². The summed E-state index contributed by atoms with van der Waals surface area (Å²) >= 11 is 0. The van der Waals surface area contributed by atoms with Crippen LogP contribution in [0.3, 0.4) is 0 Å². The third-order valence-electron chi connectivity index (χ3n) is 6.28. The van der Waals surface area contributed by atoms with E-state index in [2.05, 4.69) is 5.32 Å². The Labute approximate surface area is 185 Å². The zero-order valence-electron chi connectivity index (χ0n) is 18.9. The Kier molecular flexibility index (Phi) is 5.71. The van der Waals surface area contributed by atoms with E-state index in [0.29, 0.717) is 22.6 Å². The Morgan fingerprint density at radius 2 is 1.75 bits per heavy atom. The number of carboxylic acids is 2. The van der Waals surface area contributed by atoms with Crippen molar-refractivity contribution in [3.8, 4) is 11.5 Å². The summed E-state index contributed by atoms with van der Waals surface area (Å²) in [5.74, 6) is -5.75. The molecule has 0 aromatic heterocycles. The van der Waals surface area contributed by atoms with Crippen molar-refractivity contribution in [2.45, 2.75) is 51.2 Å². The lowest BCUT2D eigenvalue weighted by Crippen LogP contribution is -2.58. The van der Waals surface area contributed by atoms with Gasteiger partial charge in [-0.1, -0.05) is 6.07 Å². The van der Waals surface area contributed by atoms with Crippen LogP contribution in [0.4, 0.5) is 0 Å². The van der Waals surface area contributed by atoms with E-state index in [1.54, 1.807) is 39.8 Å². The number of benzene rings is 1. The summed E-state index contributed by atoms with van der Waals surface area (Å²) in [7, 11) is 2.93. The highest BCUT2D eigenvalue weighted by Crippen LogP contribution is 2.53. The molecule has 0 radical (unpaired) electrons. The number of amides is 2. The molecule has 1 aromatic carbocycles. The van der Waals surface area contributed by atoms with Gasteiger partial charge in [0.1, 0.15) is 17.0 Å². The summed E-state index contributed by atoms with van der Waals surface area (Å²) in [6, 6.07) is 2.33. The number of likely N-dealkylation sites (tertiary alicyclic amines) is 1. The molecule has 3 rings (SSSR count). The first-order valence-corrected chi connectivity index (χ1v) is 10.1. The van der Waals surface area contributed by atoms with Gasteiger partial charge in [-0.3, -0.25) is 29.4 Å². The number of hydrogen-bond donors (Lipinski definition) is 3. The van der Waals surface area contributed by atoms with Crippen molar-refractivity contribution in [1.82, 2.24) is 10.2 Å². The maximum absolute atomic E-state index is 13.5. The summed E-state index contributed by atoms with van der Waals surface area (Å²) in [4.78, 5) is 52.1. The second-order valence-electron chi connectivity index (χ2n) is 9.17. The van der Waals surface area contributed by atoms with Crippen LogP contribution in [0.5, 0.6) is 11.5 Å². The van der Waals surface area contributed by atoms with Crippen molar-refractivity contribution in [2.24, 2.45) is 11.8 Å². The molecule has 10 heteroatoms. The zero-order valence-corrected chi connectivity index (χ0v) is 18.9. The molecule has 0 bridgehead atoms. The fraction of sp³-hybridized carbons (Fsp3) is 0.545. The summed E-state index contributed by atoms with van der Waals surface area (Å²) in [6.45, 7) is 6.76. The SMILES string of the molecule is COc1ccc(C2NC(CC(=O)O)(C(=O)O)C3C(=O)N(C(C)(C)C)C(=O)C23)c(OC)c1C. The van der Waals surface area contributed by atoms with E-state index < -0.39 is 59.1 Å². The first kappa shape index (κ1) is 23.5. The molecule has 4 unspecified atom stereocenters. The van der Waals surface area contributed by atoms with Crippen LogP contribution in [0, 0.1) is 18.8 Å². The summed E-state index contributed by atoms with van der Waals surface area (Å²) in [6.07, 6.45) is -0.867. The van der Waals surface area contributed by atoms with Crippen LogP contribution in [0.1, 0.15) is 44.4 Å². The maximum atomic E-state index is 13.5. The smallest absolute Gasteiger partial charge is 0.325 e. The highest BCUT2D eigenvalue weighted by molar-refractivity contribution is 6.10. The molecule has 1 aromatic rings. The number of carbonyl (C=O) groups excluding carboxylic acids is 2. The number of fused-ring (bicyclic) bond motifs is 1. The van der Waals surface area contributed by atoms with Crippen LogP contribution >= 0.6 is 0 Å². The van der Waals surface area contributed by atoms with Gasteiger partial charge in [-0.15, -0.1) is 0 Å². The second-order valence-corrected chi connectivity index (χ2v) is 9.17. The number of carbonyl (C=O) groups is 4. The minimum absolute atomic E-state index is 0.367. The van der Waals surface area contributed by atoms with Crippen LogP contribution in [0.25, 0.3) is 0 Å². The number of carboxylic acid groups (broad SMARTS) is 2. The van der Waals surface area contributed by atoms with E-state index in [0.717, 1.165) is 4.90 Å². The van der Waals surface area contributed by atoms with E-state index in [-0.39, 0.29) is 0 Å². The molecular weight excluding hydrogens is 420 g/mol. The number of nitrogens with zero attached hydrogens (tertiary/aromatic N) is 1. The monoisotopic (exact) mass is 448 g/mol. The largest absolute Gasteiger partial charge is 0.496 e. The van der Waals surface area contributed by atoms with E-state index in [9.17, 15) is 29.4 Å². The van der Waals surface area contributed by atoms with E-state index in [4.69, 9.17) is 9.47 Å². The third kappa shape index (κ3) is 3.29. The number of rotatable bonds is 6. The van der Waals surface area contributed by atoms with Crippen LogP contribution in [-0.2, 0) is 19.2 Å². The number of imide groups is 1. The molecule has 10 nitrogen and oxygen atoms in total. The highest BCUT2D eigenvalue weighted by Gasteiger charge is 2.70. The number of ether oxygens (including phenoxy) is 2. The van der Waals surface area contributed by atoms with Crippen LogP contribution in [0.2, 0.25) is 0 Å². The van der Waals surface area contributed by atoms with E-state index in [1.807, 2.05) is 0 Å². The Balaban J connectivity index is 2.27. The van der Waals surface area contributed by atoms with Gasteiger partial charge in [0.05, 0.1) is 32.5 Å². The Hall–Kier alpha value is -3.14. The Bertz CT molecular complexity index is 998. The fourth-order valence-electron chi connectivity index (χ4n) is 5.04. The molecule has 2 amide bonds. The van der Waals surface area contributed by atoms with Gasteiger partial charge < -0.3 is 19.7 Å². The molecule has 4 atom stereocenters. The summed E-state index contributed by atoms with van der Waals surface area (Å²) < 4.78 is 10.9. The number of methoxy groups -OCH3 is 2. The van der Waals surface area contributed by atoms with Crippen molar-refractivity contribution in [2.75, 3.05) is 14.2 Å². The van der Waals surface area contributed by atoms with E-state index >= 15 is 0 Å². The lowest BCUT2D eigenvalue weighted by Gasteiger charge is -2.35. The van der Waals surface area contributed by atoms with Crippen molar-refractivity contribution in [1.29, 1.82) is 0 Å². The molecule has 3 N–H and O–H groups in total. The minimum Gasteiger partial charge on any atom is -0.496 e. The van der Waals surface area contributed by atoms with E-state index in [1.165, 1.54) is 14.2 Å². The van der Waals surface area contributed by atoms with Crippen LogP contribution in [-0.4, -0.2) is 64.2 Å². The predicted octanol–water partition coefficient (Wildman–Crippen LogP) is 1.35. The number of nitrogens with one attached hydrogen (secondary N) is 1. The van der Waals surface area contributed by atoms with Crippen LogP contribution in [0.15, 0.2) is 12.1 Å². The molecular formula is C22H28N2O8. The van der Waals surface area contributed by atoms with Crippen molar-refractivity contribution in [3.63, 3.8) is 0 Å². The number of aliphatic carboxylic acids is 2. The minimum atomic E-state index is -2.16. The summed E-state index contributed by atoms with van der Waals surface area (Å²) in [5, 5.41) is 22.5. The molecule has 2 aliphatic rings. The molecule has 0 spiro atoms. The standard InChI is InChI=1S/C22H28N2O8/c1-10-12(31-5)8-7-11(17(10)32-6)16-14-15(19(28)24(18(14)27)21(2,3)4)22(23-16,20(29)30)9-13(25)26/h7-8,14-16,23H,9H2,1-6H3,(H,25,26)(H,29,30). The molecule has 174 valence electrons. The highest BCUT2D eigenvalue weighted by atomic mass is 16.5. The average molecular weight is 448 g/mol.